The first-order valence-electron chi connectivity index (χ1n) is 6.34. The molecule has 2 atom stereocenters. The van der Waals surface area contributed by atoms with E-state index in [9.17, 15) is 0 Å². The normalized spacial score (nSPS) is 23.5. The summed E-state index contributed by atoms with van der Waals surface area (Å²) in [5, 5.41) is 4.25. The van der Waals surface area contributed by atoms with Gasteiger partial charge in [-0.1, -0.05) is 6.92 Å². The van der Waals surface area contributed by atoms with Crippen molar-refractivity contribution >= 4 is 17.4 Å². The molecule has 0 aliphatic carbocycles. The van der Waals surface area contributed by atoms with Crippen LogP contribution in [-0.4, -0.2) is 31.3 Å². The van der Waals surface area contributed by atoms with Crippen molar-refractivity contribution in [3.05, 3.63) is 18.2 Å². The maximum absolute atomic E-state index is 5.29. The monoisotopic (exact) mass is 267 g/mol. The van der Waals surface area contributed by atoms with Crippen LogP contribution in [0.25, 0.3) is 0 Å². The molecule has 0 bridgehead atoms. The third-order valence-corrected chi connectivity index (χ3v) is 4.69. The maximum Gasteiger partial charge on any atom is 0.124 e. The fraction of sp³-hybridized carbons (Fsp3) is 0.571. The summed E-state index contributed by atoms with van der Waals surface area (Å²) in [4.78, 5) is 0. The van der Waals surface area contributed by atoms with Gasteiger partial charge in [-0.05, 0) is 18.6 Å². The minimum Gasteiger partial charge on any atom is -0.497 e. The average Bonchev–Trinajstić information content (AvgIpc) is 2.41. The van der Waals surface area contributed by atoms with Gasteiger partial charge in [0.2, 0.25) is 0 Å². The second kappa shape index (κ2) is 6.23. The molecule has 1 aromatic rings. The van der Waals surface area contributed by atoms with Crippen LogP contribution >= 0.6 is 11.8 Å². The number of hydrogen-bond acceptors (Lipinski definition) is 4. The molecule has 1 heterocycles. The van der Waals surface area contributed by atoms with Crippen LogP contribution < -0.4 is 14.8 Å². The van der Waals surface area contributed by atoms with Crippen molar-refractivity contribution in [2.45, 2.75) is 31.1 Å². The number of benzene rings is 1. The molecule has 3 nitrogen and oxygen atoms in total. The molecular weight excluding hydrogens is 246 g/mol. The van der Waals surface area contributed by atoms with E-state index in [0.29, 0.717) is 11.3 Å². The molecule has 0 radical (unpaired) electrons. The average molecular weight is 267 g/mol. The summed E-state index contributed by atoms with van der Waals surface area (Å²) < 4.78 is 10.6. The predicted octanol–water partition coefficient (Wildman–Crippen LogP) is 3.40. The smallest absolute Gasteiger partial charge is 0.124 e. The molecular formula is C14H21NO2S. The summed E-state index contributed by atoms with van der Waals surface area (Å²) in [6.07, 6.45) is 2.52. The van der Waals surface area contributed by atoms with E-state index < -0.39 is 0 Å². The van der Waals surface area contributed by atoms with E-state index >= 15 is 0 Å². The van der Waals surface area contributed by atoms with E-state index in [1.54, 1.807) is 14.2 Å². The van der Waals surface area contributed by atoms with Crippen molar-refractivity contribution < 1.29 is 9.47 Å². The summed E-state index contributed by atoms with van der Waals surface area (Å²) in [6.45, 7) is 2.29. The fourth-order valence-corrected chi connectivity index (χ4v) is 3.36. The van der Waals surface area contributed by atoms with Gasteiger partial charge in [0.25, 0.3) is 0 Å². The van der Waals surface area contributed by atoms with Crippen molar-refractivity contribution in [1.29, 1.82) is 0 Å². The lowest BCUT2D eigenvalue weighted by atomic mass is 10.1. The van der Waals surface area contributed by atoms with E-state index in [2.05, 4.69) is 12.2 Å². The van der Waals surface area contributed by atoms with Crippen molar-refractivity contribution in [2.24, 2.45) is 0 Å². The van der Waals surface area contributed by atoms with Gasteiger partial charge in [0.15, 0.2) is 0 Å². The Bertz CT molecular complexity index is 375. The minimum absolute atomic E-state index is 0.528. The van der Waals surface area contributed by atoms with Gasteiger partial charge in [-0.2, -0.15) is 11.8 Å². The Kier molecular flexibility index (Phi) is 4.64. The Labute approximate surface area is 113 Å². The highest BCUT2D eigenvalue weighted by Gasteiger charge is 2.21. The van der Waals surface area contributed by atoms with Crippen LogP contribution in [0.1, 0.15) is 19.8 Å². The molecule has 4 heteroatoms. The zero-order valence-corrected chi connectivity index (χ0v) is 12.0. The van der Waals surface area contributed by atoms with Gasteiger partial charge in [0.05, 0.1) is 14.2 Å². The molecule has 1 aliphatic rings. The number of methoxy groups -OCH3 is 2. The largest absolute Gasteiger partial charge is 0.497 e. The topological polar surface area (TPSA) is 30.5 Å². The van der Waals surface area contributed by atoms with E-state index in [4.69, 9.17) is 9.47 Å². The zero-order chi connectivity index (χ0) is 13.0. The lowest BCUT2D eigenvalue weighted by Crippen LogP contribution is -2.32. The first-order chi connectivity index (χ1) is 8.72. The molecule has 1 N–H and O–H groups in total. The van der Waals surface area contributed by atoms with Gasteiger partial charge < -0.3 is 14.8 Å². The quantitative estimate of drug-likeness (QED) is 0.905. The Morgan fingerprint density at radius 1 is 1.17 bits per heavy atom. The molecule has 0 amide bonds. The standard InChI is InChI=1S/C14H21NO2S/c1-10-14(5-4-6-18-10)15-11-7-12(16-2)9-13(8-11)17-3/h7-10,14-15H,4-6H2,1-3H3. The number of ether oxygens (including phenoxy) is 2. The second-order valence-electron chi connectivity index (χ2n) is 4.57. The minimum atomic E-state index is 0.528. The zero-order valence-electron chi connectivity index (χ0n) is 11.2. The summed E-state index contributed by atoms with van der Waals surface area (Å²) >= 11 is 2.04. The van der Waals surface area contributed by atoms with Crippen LogP contribution in [-0.2, 0) is 0 Å². The number of rotatable bonds is 4. The van der Waals surface area contributed by atoms with Crippen LogP contribution in [0, 0.1) is 0 Å². The molecule has 2 unspecified atom stereocenters. The lowest BCUT2D eigenvalue weighted by molar-refractivity contribution is 0.394. The first-order valence-corrected chi connectivity index (χ1v) is 7.39. The third kappa shape index (κ3) is 3.25. The van der Waals surface area contributed by atoms with Crippen LogP contribution in [0.2, 0.25) is 0 Å². The van der Waals surface area contributed by atoms with Gasteiger partial charge >= 0.3 is 0 Å². The highest BCUT2D eigenvalue weighted by Crippen LogP contribution is 2.31. The predicted molar refractivity (Wildman–Crippen MR) is 78.1 cm³/mol. The Morgan fingerprint density at radius 2 is 1.83 bits per heavy atom. The van der Waals surface area contributed by atoms with Gasteiger partial charge in [-0.3, -0.25) is 0 Å². The molecule has 0 aromatic heterocycles. The van der Waals surface area contributed by atoms with Crippen molar-refractivity contribution in [2.75, 3.05) is 25.3 Å². The number of anilines is 1. The van der Waals surface area contributed by atoms with Crippen molar-refractivity contribution in [1.82, 2.24) is 0 Å². The van der Waals surface area contributed by atoms with E-state index in [-0.39, 0.29) is 0 Å². The van der Waals surface area contributed by atoms with E-state index in [1.807, 2.05) is 30.0 Å². The SMILES string of the molecule is COc1cc(NC2CCCSC2C)cc(OC)c1. The highest BCUT2D eigenvalue weighted by molar-refractivity contribution is 8.00. The molecule has 1 saturated heterocycles. The maximum atomic E-state index is 5.29. The molecule has 1 fully saturated rings. The molecule has 0 spiro atoms. The Hall–Kier alpha value is -1.03. The van der Waals surface area contributed by atoms with Crippen LogP contribution in [0.4, 0.5) is 5.69 Å². The van der Waals surface area contributed by atoms with Gasteiger partial charge in [0, 0.05) is 35.2 Å². The fourth-order valence-electron chi connectivity index (χ4n) is 2.22. The number of nitrogens with one attached hydrogen (secondary N) is 1. The summed E-state index contributed by atoms with van der Waals surface area (Å²) in [5.41, 5.74) is 1.07. The van der Waals surface area contributed by atoms with Crippen LogP contribution in [0.3, 0.4) is 0 Å². The van der Waals surface area contributed by atoms with E-state index in [1.165, 1.54) is 18.6 Å². The summed E-state index contributed by atoms with van der Waals surface area (Å²) in [6, 6.07) is 6.47. The van der Waals surface area contributed by atoms with Gasteiger partial charge in [0.1, 0.15) is 11.5 Å². The van der Waals surface area contributed by atoms with Gasteiger partial charge in [-0.15, -0.1) is 0 Å². The Morgan fingerprint density at radius 3 is 2.39 bits per heavy atom. The number of hydrogen-bond donors (Lipinski definition) is 1. The summed E-state index contributed by atoms with van der Waals surface area (Å²) in [7, 11) is 3.36. The van der Waals surface area contributed by atoms with E-state index in [0.717, 1.165) is 17.2 Å². The third-order valence-electron chi connectivity index (χ3n) is 3.31. The molecule has 0 saturated carbocycles. The van der Waals surface area contributed by atoms with Crippen molar-refractivity contribution in [3.8, 4) is 11.5 Å². The Balaban J connectivity index is 2.12. The molecule has 18 heavy (non-hydrogen) atoms. The first kappa shape index (κ1) is 13.4. The number of thioether (sulfide) groups is 1. The lowest BCUT2D eigenvalue weighted by Gasteiger charge is -2.30. The second-order valence-corrected chi connectivity index (χ2v) is 6.06. The van der Waals surface area contributed by atoms with Crippen molar-refractivity contribution in [3.63, 3.8) is 0 Å². The van der Waals surface area contributed by atoms with Crippen LogP contribution in [0.5, 0.6) is 11.5 Å². The summed E-state index contributed by atoms with van der Waals surface area (Å²) in [5.74, 6) is 2.93. The molecule has 1 aliphatic heterocycles. The van der Waals surface area contributed by atoms with Gasteiger partial charge in [-0.25, -0.2) is 0 Å². The molecule has 100 valence electrons. The highest BCUT2D eigenvalue weighted by atomic mass is 32.2. The molecule has 1 aromatic carbocycles. The van der Waals surface area contributed by atoms with Crippen LogP contribution in [0.15, 0.2) is 18.2 Å². The molecule has 2 rings (SSSR count).